The minimum Gasteiger partial charge on any atom is -0.320 e. The smallest absolute Gasteiger partial charge is 0.320 e. The molecule has 1 amide bonds. The predicted octanol–water partition coefficient (Wildman–Crippen LogP) is 4.96. The molecule has 1 unspecified atom stereocenters. The molecule has 0 bridgehead atoms. The lowest BCUT2D eigenvalue weighted by Crippen LogP contribution is -2.28. The first-order valence-corrected chi connectivity index (χ1v) is 7.90. The largest absolute Gasteiger partial charge is 0.422 e. The normalized spacial score (nSPS) is 16.7. The first-order valence-electron chi connectivity index (χ1n) is 7.90. The van der Waals surface area contributed by atoms with Gasteiger partial charge in [-0.05, 0) is 12.0 Å². The van der Waals surface area contributed by atoms with Gasteiger partial charge in [-0.25, -0.2) is 17.6 Å². The van der Waals surface area contributed by atoms with E-state index in [-0.39, 0.29) is 29.8 Å². The molecular weight excluding hydrogens is 395 g/mol. The molecule has 10 heteroatoms. The fraction of sp³-hybridized carbons (Fsp3) is 0.222. The molecule has 2 aromatic carbocycles. The molecule has 1 atom stereocenters. The van der Waals surface area contributed by atoms with Crippen LogP contribution in [0.3, 0.4) is 0 Å². The Kier molecular flexibility index (Phi) is 4.90. The van der Waals surface area contributed by atoms with Gasteiger partial charge in [-0.2, -0.15) is 13.2 Å². The number of carbonyl (C=O) groups is 2. The van der Waals surface area contributed by atoms with E-state index in [1.54, 1.807) is 5.32 Å². The molecule has 3 nitrogen and oxygen atoms in total. The molecule has 28 heavy (non-hydrogen) atoms. The summed E-state index contributed by atoms with van der Waals surface area (Å²) in [5.74, 6) is -12.5. The summed E-state index contributed by atoms with van der Waals surface area (Å²) < 4.78 is 93.2. The Labute approximate surface area is 153 Å². The number of anilines is 1. The van der Waals surface area contributed by atoms with Crippen LogP contribution in [-0.2, 0) is 11.0 Å². The summed E-state index contributed by atoms with van der Waals surface area (Å²) in [6, 6.07) is 5.92. The number of rotatable bonds is 2. The molecule has 2 aromatic rings. The van der Waals surface area contributed by atoms with E-state index in [1.165, 1.54) is 24.3 Å². The summed E-state index contributed by atoms with van der Waals surface area (Å²) in [5, 5.41) is 1.62. The Morgan fingerprint density at radius 3 is 2.11 bits per heavy atom. The van der Waals surface area contributed by atoms with Crippen molar-refractivity contribution in [3.8, 4) is 0 Å². The van der Waals surface area contributed by atoms with Crippen molar-refractivity contribution in [2.45, 2.75) is 24.9 Å². The zero-order chi connectivity index (χ0) is 20.8. The van der Waals surface area contributed by atoms with Crippen molar-refractivity contribution in [3.05, 3.63) is 64.2 Å². The molecule has 148 valence electrons. The van der Waals surface area contributed by atoms with Gasteiger partial charge in [0, 0.05) is 12.0 Å². The minimum atomic E-state index is -5.68. The van der Waals surface area contributed by atoms with E-state index < -0.39 is 52.5 Å². The highest BCUT2D eigenvalue weighted by Gasteiger charge is 2.43. The second-order valence-electron chi connectivity index (χ2n) is 6.09. The van der Waals surface area contributed by atoms with Gasteiger partial charge in [-0.1, -0.05) is 24.3 Å². The van der Waals surface area contributed by atoms with Crippen molar-refractivity contribution in [1.29, 1.82) is 0 Å². The molecule has 0 aliphatic heterocycles. The van der Waals surface area contributed by atoms with E-state index in [1.807, 2.05) is 0 Å². The molecular formula is C18H10F7NO2. The molecule has 0 aromatic heterocycles. The van der Waals surface area contributed by atoms with E-state index in [4.69, 9.17) is 0 Å². The first kappa shape index (κ1) is 19.8. The molecule has 3 rings (SSSR count). The van der Waals surface area contributed by atoms with Crippen LogP contribution in [0.5, 0.6) is 0 Å². The van der Waals surface area contributed by atoms with Crippen LogP contribution in [-0.4, -0.2) is 11.7 Å². The molecule has 1 aliphatic rings. The number of Topliss-reactive ketones (excluding diaryl/α,β-unsaturated/α-hetero) is 1. The van der Waals surface area contributed by atoms with Gasteiger partial charge in [0.05, 0.1) is 5.92 Å². The van der Waals surface area contributed by atoms with Crippen molar-refractivity contribution in [2.75, 3.05) is 5.32 Å². The number of nitrogens with one attached hydrogen (secondary N) is 1. The Bertz CT molecular complexity index is 956. The number of hydrogen-bond donors (Lipinski definition) is 1. The standard InChI is InChI=1S/C18H10F7NO2/c19-12-11(18(23,24)25)13(20)15(22)16(14(12)21)26-17(28)9-5-6-10(27)8-4-2-1-3-7(8)9/h1-4,9H,5-6H2,(H,26,28). The maximum Gasteiger partial charge on any atom is 0.422 e. The molecule has 0 fully saturated rings. The lowest BCUT2D eigenvalue weighted by molar-refractivity contribution is -0.143. The second kappa shape index (κ2) is 6.92. The van der Waals surface area contributed by atoms with E-state index in [0.29, 0.717) is 0 Å². The van der Waals surface area contributed by atoms with Gasteiger partial charge >= 0.3 is 6.18 Å². The Hall–Kier alpha value is -2.91. The highest BCUT2D eigenvalue weighted by atomic mass is 19.4. The number of ketones is 1. The van der Waals surface area contributed by atoms with Gasteiger partial charge in [0.2, 0.25) is 5.91 Å². The van der Waals surface area contributed by atoms with Crippen molar-refractivity contribution < 1.29 is 40.3 Å². The number of amides is 1. The van der Waals surface area contributed by atoms with Crippen LogP contribution in [0, 0.1) is 23.3 Å². The summed E-state index contributed by atoms with van der Waals surface area (Å²) in [5.41, 5.74) is -3.94. The number of hydrogen-bond acceptors (Lipinski definition) is 2. The molecule has 0 radical (unpaired) electrons. The van der Waals surface area contributed by atoms with Crippen molar-refractivity contribution in [1.82, 2.24) is 0 Å². The second-order valence-corrected chi connectivity index (χ2v) is 6.09. The molecule has 0 saturated carbocycles. The number of fused-ring (bicyclic) bond motifs is 1. The zero-order valence-corrected chi connectivity index (χ0v) is 13.8. The molecule has 0 heterocycles. The summed E-state index contributed by atoms with van der Waals surface area (Å²) in [6.07, 6.45) is -5.78. The average Bonchev–Trinajstić information content (AvgIpc) is 2.63. The van der Waals surface area contributed by atoms with Crippen molar-refractivity contribution in [3.63, 3.8) is 0 Å². The monoisotopic (exact) mass is 405 g/mol. The van der Waals surface area contributed by atoms with Crippen LogP contribution in [0.4, 0.5) is 36.4 Å². The van der Waals surface area contributed by atoms with Gasteiger partial charge in [-0.3, -0.25) is 9.59 Å². The summed E-state index contributed by atoms with van der Waals surface area (Å²) in [4.78, 5) is 24.3. The third-order valence-corrected chi connectivity index (χ3v) is 4.41. The number of alkyl halides is 3. The minimum absolute atomic E-state index is 0.0451. The van der Waals surface area contributed by atoms with Crippen LogP contribution >= 0.6 is 0 Å². The molecule has 0 saturated heterocycles. The van der Waals surface area contributed by atoms with Gasteiger partial charge in [0.1, 0.15) is 11.3 Å². The maximum atomic E-state index is 14.0. The Morgan fingerprint density at radius 2 is 1.54 bits per heavy atom. The summed E-state index contributed by atoms with van der Waals surface area (Å²) in [6.45, 7) is 0. The summed E-state index contributed by atoms with van der Waals surface area (Å²) in [7, 11) is 0. The van der Waals surface area contributed by atoms with E-state index in [0.717, 1.165) is 0 Å². The number of halogens is 7. The van der Waals surface area contributed by atoms with Gasteiger partial charge < -0.3 is 5.32 Å². The maximum absolute atomic E-state index is 14.0. The lowest BCUT2D eigenvalue weighted by Gasteiger charge is -2.24. The van der Waals surface area contributed by atoms with Crippen LogP contribution in [0.25, 0.3) is 0 Å². The van der Waals surface area contributed by atoms with E-state index in [2.05, 4.69) is 0 Å². The topological polar surface area (TPSA) is 46.2 Å². The fourth-order valence-electron chi connectivity index (χ4n) is 3.09. The Balaban J connectivity index is 2.01. The molecule has 1 aliphatic carbocycles. The third-order valence-electron chi connectivity index (χ3n) is 4.41. The highest BCUT2D eigenvalue weighted by molar-refractivity contribution is 6.04. The van der Waals surface area contributed by atoms with Crippen LogP contribution in [0.1, 0.15) is 40.2 Å². The third kappa shape index (κ3) is 3.23. The van der Waals surface area contributed by atoms with E-state index >= 15 is 0 Å². The molecule has 0 spiro atoms. The van der Waals surface area contributed by atoms with Crippen molar-refractivity contribution in [2.24, 2.45) is 0 Å². The average molecular weight is 405 g/mol. The van der Waals surface area contributed by atoms with Gasteiger partial charge in [0.15, 0.2) is 29.1 Å². The zero-order valence-electron chi connectivity index (χ0n) is 13.8. The quantitative estimate of drug-likeness (QED) is 0.567. The summed E-state index contributed by atoms with van der Waals surface area (Å²) >= 11 is 0. The van der Waals surface area contributed by atoms with Crippen molar-refractivity contribution >= 4 is 17.4 Å². The fourth-order valence-corrected chi connectivity index (χ4v) is 3.09. The predicted molar refractivity (Wildman–Crippen MR) is 82.7 cm³/mol. The molecule has 1 N–H and O–H groups in total. The van der Waals surface area contributed by atoms with Crippen LogP contribution < -0.4 is 5.32 Å². The van der Waals surface area contributed by atoms with Crippen LogP contribution in [0.15, 0.2) is 24.3 Å². The first-order chi connectivity index (χ1) is 13.0. The van der Waals surface area contributed by atoms with E-state index in [9.17, 15) is 40.3 Å². The lowest BCUT2D eigenvalue weighted by atomic mass is 9.81. The Morgan fingerprint density at radius 1 is 0.964 bits per heavy atom. The number of benzene rings is 2. The van der Waals surface area contributed by atoms with Gasteiger partial charge in [0.25, 0.3) is 0 Å². The highest BCUT2D eigenvalue weighted by Crippen LogP contribution is 2.39. The number of carbonyl (C=O) groups excluding carboxylic acids is 2. The van der Waals surface area contributed by atoms with Gasteiger partial charge in [-0.15, -0.1) is 0 Å². The van der Waals surface area contributed by atoms with Crippen LogP contribution in [0.2, 0.25) is 0 Å². The SMILES string of the molecule is O=C1CCC(C(=O)Nc2c(F)c(F)c(C(F)(F)F)c(F)c2F)c2ccccc21.